The maximum atomic E-state index is 4.01. The van der Waals surface area contributed by atoms with Crippen LogP contribution in [0.15, 0.2) is 29.4 Å². The molecule has 1 nitrogen and oxygen atoms in total. The first kappa shape index (κ1) is 10.5. The summed E-state index contributed by atoms with van der Waals surface area (Å²) in [5, 5.41) is 1.30. The van der Waals surface area contributed by atoms with Gasteiger partial charge < -0.3 is 4.98 Å². The van der Waals surface area contributed by atoms with Crippen molar-refractivity contribution in [1.82, 2.24) is 4.98 Å². The normalized spacial score (nSPS) is 10.9. The third-order valence-electron chi connectivity index (χ3n) is 2.68. The maximum Gasteiger partial charge on any atom is 0.0533 e. The van der Waals surface area contributed by atoms with Crippen molar-refractivity contribution in [3.8, 4) is 0 Å². The Morgan fingerprint density at radius 3 is 2.80 bits per heavy atom. The van der Waals surface area contributed by atoms with Gasteiger partial charge in [-0.2, -0.15) is 0 Å². The highest BCUT2D eigenvalue weighted by atomic mass is 79.9. The van der Waals surface area contributed by atoms with E-state index in [1.165, 1.54) is 22.0 Å². The van der Waals surface area contributed by atoms with E-state index >= 15 is 0 Å². The van der Waals surface area contributed by atoms with Crippen molar-refractivity contribution in [3.05, 3.63) is 40.5 Å². The molecule has 0 saturated heterocycles. The van der Waals surface area contributed by atoms with Crippen molar-refractivity contribution in [2.75, 3.05) is 0 Å². The lowest BCUT2D eigenvalue weighted by molar-refractivity contribution is 1.15. The molecule has 0 aliphatic carbocycles. The minimum atomic E-state index is 1.05. The number of allylic oxidation sites excluding steroid dienone is 1. The molecule has 0 aliphatic heterocycles. The molecule has 0 radical (unpaired) electrons. The van der Waals surface area contributed by atoms with Crippen molar-refractivity contribution in [1.29, 1.82) is 0 Å². The van der Waals surface area contributed by atoms with Crippen molar-refractivity contribution >= 4 is 32.4 Å². The van der Waals surface area contributed by atoms with E-state index in [9.17, 15) is 0 Å². The number of halogens is 1. The SMILES string of the molecule is C=C(C)c1cc(Br)cc2c(CC)c[nH]c12. The zero-order valence-electron chi connectivity index (χ0n) is 9.02. The third kappa shape index (κ3) is 1.74. The number of aromatic nitrogens is 1. The van der Waals surface area contributed by atoms with E-state index in [0.29, 0.717) is 0 Å². The first-order chi connectivity index (χ1) is 7.13. The summed E-state index contributed by atoms with van der Waals surface area (Å²) in [7, 11) is 0. The molecule has 15 heavy (non-hydrogen) atoms. The zero-order chi connectivity index (χ0) is 11.0. The Kier molecular flexibility index (Phi) is 2.70. The average Bonchev–Trinajstić information content (AvgIpc) is 2.58. The molecule has 2 heteroatoms. The standard InChI is InChI=1S/C13H14BrN/c1-4-9-7-15-13-11(8(2)3)5-10(14)6-12(9)13/h5-7,15H,2,4H2,1,3H3. The molecular weight excluding hydrogens is 250 g/mol. The molecule has 0 atom stereocenters. The Hall–Kier alpha value is -1.02. The van der Waals surface area contributed by atoms with E-state index in [-0.39, 0.29) is 0 Å². The zero-order valence-corrected chi connectivity index (χ0v) is 10.6. The van der Waals surface area contributed by atoms with Crippen molar-refractivity contribution in [2.24, 2.45) is 0 Å². The second-order valence-electron chi connectivity index (χ2n) is 3.82. The summed E-state index contributed by atoms with van der Waals surface area (Å²) in [4.78, 5) is 3.33. The highest BCUT2D eigenvalue weighted by molar-refractivity contribution is 9.10. The van der Waals surface area contributed by atoms with Gasteiger partial charge in [-0.15, -0.1) is 0 Å². The molecule has 1 N–H and O–H groups in total. The number of H-pyrrole nitrogens is 1. The Balaban J connectivity index is 2.82. The van der Waals surface area contributed by atoms with Crippen LogP contribution in [0, 0.1) is 0 Å². The second-order valence-corrected chi connectivity index (χ2v) is 4.74. The molecule has 2 rings (SSSR count). The predicted molar refractivity (Wildman–Crippen MR) is 70.1 cm³/mol. The Morgan fingerprint density at radius 1 is 1.47 bits per heavy atom. The molecule has 1 aromatic carbocycles. The van der Waals surface area contributed by atoms with Gasteiger partial charge in [0.25, 0.3) is 0 Å². The number of hydrogen-bond donors (Lipinski definition) is 1. The molecule has 0 amide bonds. The lowest BCUT2D eigenvalue weighted by Gasteiger charge is -2.04. The monoisotopic (exact) mass is 263 g/mol. The Morgan fingerprint density at radius 2 is 2.20 bits per heavy atom. The van der Waals surface area contributed by atoms with E-state index in [1.54, 1.807) is 0 Å². The maximum absolute atomic E-state index is 4.01. The van der Waals surface area contributed by atoms with Crippen LogP contribution < -0.4 is 0 Å². The summed E-state index contributed by atoms with van der Waals surface area (Å²) in [5.41, 5.74) is 4.83. The van der Waals surface area contributed by atoms with Crippen LogP contribution in [0.3, 0.4) is 0 Å². The fourth-order valence-electron chi connectivity index (χ4n) is 1.88. The molecule has 0 saturated carbocycles. The summed E-state index contributed by atoms with van der Waals surface area (Å²) >= 11 is 3.54. The van der Waals surface area contributed by atoms with Gasteiger partial charge in [-0.1, -0.05) is 29.4 Å². The molecule has 0 unspecified atom stereocenters. The molecule has 78 valence electrons. The average molecular weight is 264 g/mol. The predicted octanol–water partition coefficient (Wildman–Crippen LogP) is 4.53. The first-order valence-electron chi connectivity index (χ1n) is 5.09. The van der Waals surface area contributed by atoms with E-state index in [2.05, 4.69) is 52.7 Å². The fraction of sp³-hybridized carbons (Fsp3) is 0.231. The van der Waals surface area contributed by atoms with Gasteiger partial charge in [0.05, 0.1) is 5.52 Å². The highest BCUT2D eigenvalue weighted by Crippen LogP contribution is 2.30. The van der Waals surface area contributed by atoms with E-state index in [4.69, 9.17) is 0 Å². The van der Waals surface area contributed by atoms with Gasteiger partial charge in [0, 0.05) is 21.6 Å². The van der Waals surface area contributed by atoms with Crippen LogP contribution in [0.2, 0.25) is 0 Å². The van der Waals surface area contributed by atoms with Gasteiger partial charge in [0.15, 0.2) is 0 Å². The number of aryl methyl sites for hydroxylation is 1. The summed E-state index contributed by atoms with van der Waals surface area (Å²) in [6.07, 6.45) is 3.13. The van der Waals surface area contributed by atoms with Gasteiger partial charge in [-0.05, 0) is 36.6 Å². The van der Waals surface area contributed by atoms with Crippen molar-refractivity contribution < 1.29 is 0 Å². The number of hydrogen-bond acceptors (Lipinski definition) is 0. The highest BCUT2D eigenvalue weighted by Gasteiger charge is 2.08. The number of rotatable bonds is 2. The van der Waals surface area contributed by atoms with E-state index in [0.717, 1.165) is 16.5 Å². The van der Waals surface area contributed by atoms with Gasteiger partial charge in [-0.3, -0.25) is 0 Å². The summed E-state index contributed by atoms with van der Waals surface area (Å²) in [6.45, 7) is 8.22. The van der Waals surface area contributed by atoms with Crippen molar-refractivity contribution in [3.63, 3.8) is 0 Å². The summed E-state index contributed by atoms with van der Waals surface area (Å²) < 4.78 is 1.11. The fourth-order valence-corrected chi connectivity index (χ4v) is 2.34. The Bertz CT molecular complexity index is 523. The quantitative estimate of drug-likeness (QED) is 0.820. The van der Waals surface area contributed by atoms with Gasteiger partial charge >= 0.3 is 0 Å². The van der Waals surface area contributed by atoms with Crippen LogP contribution in [-0.2, 0) is 6.42 Å². The molecule has 0 spiro atoms. The van der Waals surface area contributed by atoms with Crippen LogP contribution >= 0.6 is 15.9 Å². The summed E-state index contributed by atoms with van der Waals surface area (Å²) in [6, 6.07) is 4.28. The van der Waals surface area contributed by atoms with Gasteiger partial charge in [0.1, 0.15) is 0 Å². The number of fused-ring (bicyclic) bond motifs is 1. The van der Waals surface area contributed by atoms with Crippen LogP contribution in [-0.4, -0.2) is 4.98 Å². The largest absolute Gasteiger partial charge is 0.360 e. The molecule has 2 aromatic rings. The molecule has 0 bridgehead atoms. The second kappa shape index (κ2) is 3.86. The first-order valence-corrected chi connectivity index (χ1v) is 5.88. The Labute approximate surface area is 98.3 Å². The van der Waals surface area contributed by atoms with Crippen LogP contribution in [0.5, 0.6) is 0 Å². The number of nitrogens with one attached hydrogen (secondary N) is 1. The lowest BCUT2D eigenvalue weighted by atomic mass is 10.0. The lowest BCUT2D eigenvalue weighted by Crippen LogP contribution is -1.83. The van der Waals surface area contributed by atoms with Crippen LogP contribution in [0.4, 0.5) is 0 Å². The smallest absolute Gasteiger partial charge is 0.0533 e. The molecule has 1 heterocycles. The minimum Gasteiger partial charge on any atom is -0.360 e. The van der Waals surface area contributed by atoms with Gasteiger partial charge in [-0.25, -0.2) is 0 Å². The topological polar surface area (TPSA) is 15.8 Å². The van der Waals surface area contributed by atoms with Crippen LogP contribution in [0.1, 0.15) is 25.0 Å². The van der Waals surface area contributed by atoms with Crippen LogP contribution in [0.25, 0.3) is 16.5 Å². The minimum absolute atomic E-state index is 1.05. The molecule has 0 fully saturated rings. The molecular formula is C13H14BrN. The van der Waals surface area contributed by atoms with E-state index < -0.39 is 0 Å². The number of benzene rings is 1. The van der Waals surface area contributed by atoms with Gasteiger partial charge in [0.2, 0.25) is 0 Å². The molecule has 0 aliphatic rings. The summed E-state index contributed by atoms with van der Waals surface area (Å²) in [5.74, 6) is 0. The van der Waals surface area contributed by atoms with E-state index in [1.807, 2.05) is 6.92 Å². The third-order valence-corrected chi connectivity index (χ3v) is 3.14. The molecule has 1 aromatic heterocycles. The van der Waals surface area contributed by atoms with Crippen molar-refractivity contribution in [2.45, 2.75) is 20.3 Å². The number of aromatic amines is 1.